The Balaban J connectivity index is 2.07. The minimum absolute atomic E-state index is 0.0741. The van der Waals surface area contributed by atoms with E-state index < -0.39 is 41.4 Å². The van der Waals surface area contributed by atoms with Crippen LogP contribution in [0.2, 0.25) is 0 Å². The minimum Gasteiger partial charge on any atom is -0.508 e. The van der Waals surface area contributed by atoms with Crippen LogP contribution < -0.4 is 10.6 Å². The molecule has 0 radical (unpaired) electrons. The number of halogens is 3. The lowest BCUT2D eigenvalue weighted by molar-refractivity contribution is -0.137. The molecular weight excluding hydrogens is 437 g/mol. The number of rotatable bonds is 7. The lowest BCUT2D eigenvalue weighted by atomic mass is 10.0. The van der Waals surface area contributed by atoms with Gasteiger partial charge in [0.2, 0.25) is 5.91 Å². The Hall–Kier alpha value is -3.23. The molecule has 0 bridgehead atoms. The summed E-state index contributed by atoms with van der Waals surface area (Å²) in [4.78, 5) is 25.2. The summed E-state index contributed by atoms with van der Waals surface area (Å²) in [5, 5.41) is 14.8. The first-order valence-corrected chi connectivity index (χ1v) is 10.5. The van der Waals surface area contributed by atoms with Crippen molar-refractivity contribution in [3.63, 3.8) is 0 Å². The van der Waals surface area contributed by atoms with Crippen LogP contribution in [0.25, 0.3) is 0 Å². The molecular formula is C24H29F3N2O4. The van der Waals surface area contributed by atoms with Gasteiger partial charge in [-0.05, 0) is 69.5 Å². The van der Waals surface area contributed by atoms with Gasteiger partial charge in [0.1, 0.15) is 17.4 Å². The van der Waals surface area contributed by atoms with Gasteiger partial charge in [-0.15, -0.1) is 0 Å². The average molecular weight is 467 g/mol. The van der Waals surface area contributed by atoms with Crippen molar-refractivity contribution < 1.29 is 32.6 Å². The standard InChI is InChI=1S/C24H29F3N2O4/c1-15(13-16-5-9-18(10-6-16)24(25,26)27)28-21(31)20(29-22(32)33-23(2,3)4)14-17-7-11-19(30)12-8-17/h5-12,15,20,30H,13-14H2,1-4H3,(H,28,31)(H,29,32)/t15-,20+/m1/s1. The molecule has 33 heavy (non-hydrogen) atoms. The van der Waals surface area contributed by atoms with Crippen molar-refractivity contribution in [2.45, 2.75) is 64.4 Å². The van der Waals surface area contributed by atoms with Crippen LogP contribution >= 0.6 is 0 Å². The highest BCUT2D eigenvalue weighted by molar-refractivity contribution is 5.86. The molecule has 2 amide bonds. The molecule has 0 saturated heterocycles. The highest BCUT2D eigenvalue weighted by Gasteiger charge is 2.30. The van der Waals surface area contributed by atoms with E-state index >= 15 is 0 Å². The number of alkyl halides is 3. The van der Waals surface area contributed by atoms with Gasteiger partial charge in [0.15, 0.2) is 0 Å². The molecule has 0 aromatic heterocycles. The van der Waals surface area contributed by atoms with Crippen molar-refractivity contribution in [2.24, 2.45) is 0 Å². The summed E-state index contributed by atoms with van der Waals surface area (Å²) in [6, 6.07) is 9.61. The number of carbonyl (C=O) groups excluding carboxylic acids is 2. The number of aromatic hydroxyl groups is 1. The third-order valence-corrected chi connectivity index (χ3v) is 4.60. The van der Waals surface area contributed by atoms with Gasteiger partial charge in [-0.3, -0.25) is 4.79 Å². The average Bonchev–Trinajstić information content (AvgIpc) is 2.67. The smallest absolute Gasteiger partial charge is 0.416 e. The molecule has 180 valence electrons. The first-order valence-electron chi connectivity index (χ1n) is 10.5. The summed E-state index contributed by atoms with van der Waals surface area (Å²) in [7, 11) is 0. The van der Waals surface area contributed by atoms with E-state index in [2.05, 4.69) is 10.6 Å². The molecule has 0 aliphatic heterocycles. The van der Waals surface area contributed by atoms with Gasteiger partial charge in [-0.1, -0.05) is 24.3 Å². The second-order valence-electron chi connectivity index (χ2n) is 8.88. The molecule has 2 atom stereocenters. The predicted molar refractivity (Wildman–Crippen MR) is 118 cm³/mol. The summed E-state index contributed by atoms with van der Waals surface area (Å²) in [5.41, 5.74) is -0.150. The van der Waals surface area contributed by atoms with E-state index in [0.29, 0.717) is 17.5 Å². The third-order valence-electron chi connectivity index (χ3n) is 4.60. The summed E-state index contributed by atoms with van der Waals surface area (Å²) < 4.78 is 43.5. The molecule has 2 aromatic carbocycles. The van der Waals surface area contributed by atoms with E-state index in [-0.39, 0.29) is 12.2 Å². The van der Waals surface area contributed by atoms with Crippen molar-refractivity contribution in [1.29, 1.82) is 0 Å². The van der Waals surface area contributed by atoms with Crippen LogP contribution in [0.5, 0.6) is 5.75 Å². The maximum atomic E-state index is 12.9. The van der Waals surface area contributed by atoms with E-state index in [0.717, 1.165) is 12.1 Å². The summed E-state index contributed by atoms with van der Waals surface area (Å²) >= 11 is 0. The van der Waals surface area contributed by atoms with Gasteiger partial charge in [0.25, 0.3) is 0 Å². The Kier molecular flexibility index (Phi) is 8.35. The number of hydrogen-bond donors (Lipinski definition) is 3. The fourth-order valence-corrected chi connectivity index (χ4v) is 3.10. The zero-order chi connectivity index (χ0) is 24.8. The maximum absolute atomic E-state index is 12.9. The van der Waals surface area contributed by atoms with E-state index in [9.17, 15) is 27.9 Å². The number of hydrogen-bond acceptors (Lipinski definition) is 4. The topological polar surface area (TPSA) is 87.7 Å². The Morgan fingerprint density at radius 1 is 0.909 bits per heavy atom. The Bertz CT molecular complexity index is 936. The van der Waals surface area contributed by atoms with Crippen LogP contribution in [0.15, 0.2) is 48.5 Å². The maximum Gasteiger partial charge on any atom is 0.416 e. The van der Waals surface area contributed by atoms with E-state index in [1.54, 1.807) is 39.8 Å². The van der Waals surface area contributed by atoms with Crippen LogP contribution in [0, 0.1) is 0 Å². The summed E-state index contributed by atoms with van der Waals surface area (Å²) in [6.45, 7) is 6.83. The normalized spacial score (nSPS) is 13.7. The van der Waals surface area contributed by atoms with Crippen LogP contribution in [0.3, 0.4) is 0 Å². The highest BCUT2D eigenvalue weighted by Crippen LogP contribution is 2.29. The third kappa shape index (κ3) is 9.03. The SMILES string of the molecule is C[C@H](Cc1ccc(C(F)(F)F)cc1)NC(=O)[C@H](Cc1ccc(O)cc1)NC(=O)OC(C)(C)C. The van der Waals surface area contributed by atoms with E-state index in [4.69, 9.17) is 4.74 Å². The fraction of sp³-hybridized carbons (Fsp3) is 0.417. The molecule has 2 aromatic rings. The molecule has 0 aliphatic carbocycles. The van der Waals surface area contributed by atoms with Crippen molar-refractivity contribution in [3.05, 3.63) is 65.2 Å². The first kappa shape index (κ1) is 26.0. The zero-order valence-corrected chi connectivity index (χ0v) is 19.0. The predicted octanol–water partition coefficient (Wildman–Crippen LogP) is 4.59. The number of carbonyl (C=O) groups is 2. The monoisotopic (exact) mass is 466 g/mol. The van der Waals surface area contributed by atoms with Crippen LogP contribution in [-0.4, -0.2) is 34.8 Å². The second-order valence-corrected chi connectivity index (χ2v) is 8.88. The van der Waals surface area contributed by atoms with Crippen molar-refractivity contribution in [2.75, 3.05) is 0 Å². The summed E-state index contributed by atoms with van der Waals surface area (Å²) in [5.74, 6) is -0.390. The van der Waals surface area contributed by atoms with Crippen molar-refractivity contribution >= 4 is 12.0 Å². The number of phenolic OH excluding ortho intramolecular Hbond substituents is 1. The molecule has 0 aliphatic rings. The van der Waals surface area contributed by atoms with Gasteiger partial charge in [0.05, 0.1) is 5.56 Å². The largest absolute Gasteiger partial charge is 0.508 e. The van der Waals surface area contributed by atoms with Gasteiger partial charge in [-0.2, -0.15) is 13.2 Å². The number of amides is 2. The van der Waals surface area contributed by atoms with Gasteiger partial charge in [-0.25, -0.2) is 4.79 Å². The number of phenols is 1. The highest BCUT2D eigenvalue weighted by atomic mass is 19.4. The lowest BCUT2D eigenvalue weighted by Crippen LogP contribution is -2.51. The number of nitrogens with one attached hydrogen (secondary N) is 2. The van der Waals surface area contributed by atoms with Crippen LogP contribution in [0.1, 0.15) is 44.4 Å². The molecule has 0 saturated carbocycles. The molecule has 9 heteroatoms. The Labute approximate surface area is 191 Å². The van der Waals surface area contributed by atoms with E-state index in [1.807, 2.05) is 0 Å². The van der Waals surface area contributed by atoms with Crippen LogP contribution in [0.4, 0.5) is 18.0 Å². The van der Waals surface area contributed by atoms with Crippen molar-refractivity contribution in [1.82, 2.24) is 10.6 Å². The molecule has 2 rings (SSSR count). The first-order chi connectivity index (χ1) is 15.2. The van der Waals surface area contributed by atoms with Gasteiger partial charge < -0.3 is 20.5 Å². The Morgan fingerprint density at radius 2 is 1.42 bits per heavy atom. The lowest BCUT2D eigenvalue weighted by Gasteiger charge is -2.24. The quantitative estimate of drug-likeness (QED) is 0.557. The number of alkyl carbamates (subject to hydrolysis) is 1. The fourth-order valence-electron chi connectivity index (χ4n) is 3.10. The number of ether oxygens (including phenoxy) is 1. The van der Waals surface area contributed by atoms with Gasteiger partial charge in [0, 0.05) is 12.5 Å². The molecule has 0 heterocycles. The van der Waals surface area contributed by atoms with Crippen molar-refractivity contribution in [3.8, 4) is 5.75 Å². The molecule has 6 nitrogen and oxygen atoms in total. The number of benzene rings is 2. The minimum atomic E-state index is -4.41. The zero-order valence-electron chi connectivity index (χ0n) is 19.0. The molecule has 0 fully saturated rings. The molecule has 0 spiro atoms. The second kappa shape index (κ2) is 10.6. The van der Waals surface area contributed by atoms with Crippen LogP contribution in [-0.2, 0) is 28.5 Å². The Morgan fingerprint density at radius 3 is 1.94 bits per heavy atom. The van der Waals surface area contributed by atoms with E-state index in [1.165, 1.54) is 24.3 Å². The molecule has 3 N–H and O–H groups in total. The van der Waals surface area contributed by atoms with Gasteiger partial charge >= 0.3 is 12.3 Å². The summed E-state index contributed by atoms with van der Waals surface area (Å²) in [6.07, 6.45) is -4.70. The molecule has 0 unspecified atom stereocenters.